The van der Waals surface area contributed by atoms with Crippen molar-refractivity contribution in [1.82, 2.24) is 0 Å². The van der Waals surface area contributed by atoms with E-state index in [1.807, 2.05) is 50.2 Å². The fourth-order valence-electron chi connectivity index (χ4n) is 5.23. The van der Waals surface area contributed by atoms with Crippen LogP contribution in [-0.2, 0) is 9.59 Å². The van der Waals surface area contributed by atoms with Gasteiger partial charge in [-0.15, -0.1) is 0 Å². The van der Waals surface area contributed by atoms with Crippen LogP contribution in [0.3, 0.4) is 0 Å². The highest BCUT2D eigenvalue weighted by Crippen LogP contribution is 2.34. The first-order valence-electron chi connectivity index (χ1n) is 13.2. The molecule has 0 atom stereocenters. The number of hydrogen-bond acceptors (Lipinski definition) is 4. The average Bonchev–Trinajstić information content (AvgIpc) is 3.09. The Morgan fingerprint density at radius 3 is 2.12 bits per heavy atom. The van der Waals surface area contributed by atoms with Crippen LogP contribution in [0.15, 0.2) is 91.0 Å². The Labute approximate surface area is 237 Å². The van der Waals surface area contributed by atoms with Crippen molar-refractivity contribution in [3.8, 4) is 11.1 Å². The molecular formula is C33H29N3O5. The zero-order valence-corrected chi connectivity index (χ0v) is 22.8. The van der Waals surface area contributed by atoms with Crippen LogP contribution in [0.2, 0.25) is 0 Å². The number of para-hydroxylation sites is 2. The molecule has 1 heterocycles. The highest BCUT2D eigenvalue weighted by molar-refractivity contribution is 6.12. The number of hydrogen-bond donors (Lipinski definition) is 2. The number of carboxylic acid groups (broad SMARTS) is 1. The van der Waals surface area contributed by atoms with Crippen LogP contribution in [0.1, 0.15) is 38.3 Å². The van der Waals surface area contributed by atoms with E-state index in [1.165, 1.54) is 9.80 Å². The van der Waals surface area contributed by atoms with E-state index in [-0.39, 0.29) is 30.7 Å². The molecule has 8 nitrogen and oxygen atoms in total. The fraction of sp³-hybridized carbons (Fsp3) is 0.152. The van der Waals surface area contributed by atoms with Crippen molar-refractivity contribution in [3.63, 3.8) is 0 Å². The van der Waals surface area contributed by atoms with E-state index in [4.69, 9.17) is 0 Å². The summed E-state index contributed by atoms with van der Waals surface area (Å²) in [4.78, 5) is 53.7. The number of nitrogens with zero attached hydrogens (tertiary/aromatic N) is 2. The molecule has 0 aliphatic carbocycles. The van der Waals surface area contributed by atoms with Crippen molar-refractivity contribution < 1.29 is 24.3 Å². The van der Waals surface area contributed by atoms with E-state index >= 15 is 0 Å². The number of benzene rings is 4. The lowest BCUT2D eigenvalue weighted by Crippen LogP contribution is -2.35. The summed E-state index contributed by atoms with van der Waals surface area (Å²) in [5, 5.41) is 12.2. The molecule has 4 aromatic carbocycles. The number of nitrogens with one attached hydrogen (secondary N) is 1. The second-order valence-electron chi connectivity index (χ2n) is 9.91. The maximum absolute atomic E-state index is 13.6. The standard InChI is InChI=1S/C33H29N3O5/c1-21-8-7-9-22(2)31(21)25-10-3-4-11-26(25)32(40)34-24-16-14-23(15-17-24)33(41)35-19-18-29(37)36(20-30(38)39)28-13-6-5-12-27(28)35/h3-17H,18-20H2,1-2H3,(H,34,40)(H,38,39). The van der Waals surface area contributed by atoms with E-state index in [9.17, 15) is 24.3 Å². The number of carboxylic acids is 1. The Bertz CT molecular complexity index is 1640. The summed E-state index contributed by atoms with van der Waals surface area (Å²) in [5.41, 5.74) is 6.31. The molecule has 3 amide bonds. The van der Waals surface area contributed by atoms with Crippen LogP contribution in [0.25, 0.3) is 11.1 Å². The van der Waals surface area contributed by atoms with Crippen molar-refractivity contribution in [1.29, 1.82) is 0 Å². The molecule has 0 saturated heterocycles. The van der Waals surface area contributed by atoms with Crippen molar-refractivity contribution in [2.75, 3.05) is 28.2 Å². The number of carbonyl (C=O) groups is 4. The molecule has 0 radical (unpaired) electrons. The lowest BCUT2D eigenvalue weighted by molar-refractivity contribution is -0.136. The van der Waals surface area contributed by atoms with Gasteiger partial charge in [0.1, 0.15) is 6.54 Å². The van der Waals surface area contributed by atoms with E-state index in [0.29, 0.717) is 28.2 Å². The van der Waals surface area contributed by atoms with Gasteiger partial charge in [0.15, 0.2) is 0 Å². The third-order valence-electron chi connectivity index (χ3n) is 7.16. The van der Waals surface area contributed by atoms with Crippen molar-refractivity contribution in [3.05, 3.63) is 113 Å². The number of rotatable bonds is 6. The van der Waals surface area contributed by atoms with Gasteiger partial charge >= 0.3 is 5.97 Å². The number of aryl methyl sites for hydroxylation is 2. The van der Waals surface area contributed by atoms with Gasteiger partial charge in [0.25, 0.3) is 11.8 Å². The van der Waals surface area contributed by atoms with Crippen molar-refractivity contribution >= 4 is 40.8 Å². The number of aliphatic carboxylic acids is 1. The summed E-state index contributed by atoms with van der Waals surface area (Å²) in [5.74, 6) is -2.10. The van der Waals surface area contributed by atoms with Gasteiger partial charge in [-0.2, -0.15) is 0 Å². The monoisotopic (exact) mass is 547 g/mol. The summed E-state index contributed by atoms with van der Waals surface area (Å²) in [7, 11) is 0. The molecular weight excluding hydrogens is 518 g/mol. The van der Waals surface area contributed by atoms with E-state index in [0.717, 1.165) is 22.3 Å². The highest BCUT2D eigenvalue weighted by atomic mass is 16.4. The van der Waals surface area contributed by atoms with Crippen LogP contribution >= 0.6 is 0 Å². The smallest absolute Gasteiger partial charge is 0.323 e. The normalized spacial score (nSPS) is 12.9. The van der Waals surface area contributed by atoms with Gasteiger partial charge in [0.2, 0.25) is 5.91 Å². The fourth-order valence-corrected chi connectivity index (χ4v) is 5.23. The maximum atomic E-state index is 13.6. The van der Waals surface area contributed by atoms with Crippen LogP contribution in [0.4, 0.5) is 17.1 Å². The Balaban J connectivity index is 1.38. The summed E-state index contributed by atoms with van der Waals surface area (Å²) < 4.78 is 0. The van der Waals surface area contributed by atoms with Crippen molar-refractivity contribution in [2.45, 2.75) is 20.3 Å². The molecule has 5 rings (SSSR count). The molecule has 0 aromatic heterocycles. The van der Waals surface area contributed by atoms with Gasteiger partial charge < -0.3 is 15.3 Å². The minimum absolute atomic E-state index is 0.0123. The molecule has 206 valence electrons. The summed E-state index contributed by atoms with van der Waals surface area (Å²) in [6.45, 7) is 3.67. The Morgan fingerprint density at radius 2 is 1.44 bits per heavy atom. The predicted molar refractivity (Wildman–Crippen MR) is 158 cm³/mol. The largest absolute Gasteiger partial charge is 0.480 e. The summed E-state index contributed by atoms with van der Waals surface area (Å²) >= 11 is 0. The molecule has 41 heavy (non-hydrogen) atoms. The zero-order valence-electron chi connectivity index (χ0n) is 22.8. The SMILES string of the molecule is Cc1cccc(C)c1-c1ccccc1C(=O)Nc1ccc(C(=O)N2CCC(=O)N(CC(=O)O)c3ccccc32)cc1. The van der Waals surface area contributed by atoms with Crippen LogP contribution in [0, 0.1) is 13.8 Å². The molecule has 0 saturated carbocycles. The van der Waals surface area contributed by atoms with Gasteiger partial charge in [-0.25, -0.2) is 0 Å². The second-order valence-corrected chi connectivity index (χ2v) is 9.91. The van der Waals surface area contributed by atoms with Gasteiger partial charge in [0, 0.05) is 29.8 Å². The third kappa shape index (κ3) is 5.58. The molecule has 0 unspecified atom stereocenters. The number of fused-ring (bicyclic) bond motifs is 1. The van der Waals surface area contributed by atoms with Gasteiger partial charge in [-0.1, -0.05) is 48.5 Å². The Kier molecular flexibility index (Phi) is 7.65. The first kappa shape index (κ1) is 27.3. The van der Waals surface area contributed by atoms with Crippen LogP contribution < -0.4 is 15.1 Å². The average molecular weight is 548 g/mol. The maximum Gasteiger partial charge on any atom is 0.323 e. The molecule has 4 aromatic rings. The second kappa shape index (κ2) is 11.5. The molecule has 1 aliphatic rings. The molecule has 2 N–H and O–H groups in total. The lowest BCUT2D eigenvalue weighted by Gasteiger charge is -2.24. The van der Waals surface area contributed by atoms with Gasteiger partial charge in [-0.3, -0.25) is 24.1 Å². The number of amides is 3. The number of carbonyl (C=O) groups excluding carboxylic acids is 3. The van der Waals surface area contributed by atoms with Crippen LogP contribution in [-0.4, -0.2) is 41.9 Å². The molecule has 8 heteroatoms. The minimum Gasteiger partial charge on any atom is -0.480 e. The first-order valence-corrected chi connectivity index (χ1v) is 13.2. The first-order chi connectivity index (χ1) is 19.7. The topological polar surface area (TPSA) is 107 Å². The Morgan fingerprint density at radius 1 is 0.805 bits per heavy atom. The van der Waals surface area contributed by atoms with E-state index in [2.05, 4.69) is 5.32 Å². The molecule has 0 bridgehead atoms. The van der Waals surface area contributed by atoms with E-state index in [1.54, 1.807) is 54.6 Å². The quantitative estimate of drug-likeness (QED) is 0.323. The molecule has 0 fully saturated rings. The van der Waals surface area contributed by atoms with Gasteiger partial charge in [-0.05, 0) is 78.6 Å². The highest BCUT2D eigenvalue weighted by Gasteiger charge is 2.30. The lowest BCUT2D eigenvalue weighted by atomic mass is 9.92. The third-order valence-corrected chi connectivity index (χ3v) is 7.16. The zero-order chi connectivity index (χ0) is 29.1. The summed E-state index contributed by atoms with van der Waals surface area (Å²) in [6.07, 6.45) is -0.0123. The minimum atomic E-state index is -1.14. The molecule has 0 spiro atoms. The van der Waals surface area contributed by atoms with Crippen molar-refractivity contribution in [2.24, 2.45) is 0 Å². The molecule has 1 aliphatic heterocycles. The van der Waals surface area contributed by atoms with Gasteiger partial charge in [0.05, 0.1) is 11.4 Å². The summed E-state index contributed by atoms with van der Waals surface area (Å²) in [6, 6.07) is 26.9. The number of anilines is 3. The van der Waals surface area contributed by atoms with E-state index < -0.39 is 12.5 Å². The predicted octanol–water partition coefficient (Wildman–Crippen LogP) is 5.69. The Hall–Kier alpha value is -5.24. The van der Waals surface area contributed by atoms with Crippen LogP contribution in [0.5, 0.6) is 0 Å².